The normalized spacial score (nSPS) is 14.6. The first-order valence-electron chi connectivity index (χ1n) is 18.8. The van der Waals surface area contributed by atoms with E-state index in [9.17, 15) is 0 Å². The van der Waals surface area contributed by atoms with Crippen molar-refractivity contribution in [1.82, 2.24) is 9.99 Å². The predicted octanol–water partition coefficient (Wildman–Crippen LogP) is 12.7. The highest BCUT2D eigenvalue weighted by atomic mass is 15.2. The summed E-state index contributed by atoms with van der Waals surface area (Å²) < 4.78 is 2.50. The zero-order chi connectivity index (χ0) is 37.0. The topological polar surface area (TPSA) is 43.0 Å². The van der Waals surface area contributed by atoms with Crippen LogP contribution >= 0.6 is 0 Å². The molecule has 0 bridgehead atoms. The number of hydrogen-bond donors (Lipinski definition) is 2. The number of allylic oxidation sites excluding steroid dienone is 6. The lowest BCUT2D eigenvalue weighted by molar-refractivity contribution is 0.670. The summed E-state index contributed by atoms with van der Waals surface area (Å²) in [6, 6.07) is 50.8. The Morgan fingerprint density at radius 1 is 0.685 bits per heavy atom. The molecule has 1 aliphatic rings. The van der Waals surface area contributed by atoms with Crippen LogP contribution in [0.4, 0.5) is 0 Å². The Hall–Kier alpha value is -6.42. The van der Waals surface area contributed by atoms with Gasteiger partial charge in [0.2, 0.25) is 0 Å². The Bertz CT molecular complexity index is 2850. The summed E-state index contributed by atoms with van der Waals surface area (Å²) in [7, 11) is 0. The van der Waals surface area contributed by atoms with Crippen molar-refractivity contribution in [2.45, 2.75) is 32.1 Å². The molecule has 0 aliphatic heterocycles. The highest BCUT2D eigenvalue weighted by Crippen LogP contribution is 2.57. The van der Waals surface area contributed by atoms with Crippen molar-refractivity contribution < 1.29 is 0 Å². The molecule has 8 aromatic rings. The molecule has 0 amide bonds. The van der Waals surface area contributed by atoms with Crippen LogP contribution in [0.15, 0.2) is 182 Å². The Labute approximate surface area is 317 Å². The van der Waals surface area contributed by atoms with E-state index in [1.165, 1.54) is 71.2 Å². The van der Waals surface area contributed by atoms with Gasteiger partial charge >= 0.3 is 0 Å². The van der Waals surface area contributed by atoms with Gasteiger partial charge < -0.3 is 9.99 Å². The smallest absolute Gasteiger partial charge is 0.0588 e. The monoisotopic (exact) mass is 697 g/mol. The van der Waals surface area contributed by atoms with E-state index in [0.717, 1.165) is 22.5 Å². The van der Waals surface area contributed by atoms with Gasteiger partial charge in [0.1, 0.15) is 0 Å². The Morgan fingerprint density at radius 2 is 1.31 bits per heavy atom. The SMILES string of the molecule is C=C/C=C\C(=C/C)C(/C=C(\NN)c1ccccc1)c1ccc(-n2c3ccccc3c3ccc4c(c32)C(C)(C)c2c-4c3ccccc3c3ccccc23)cc1. The average molecular weight is 698 g/mol. The molecule has 3 heteroatoms. The van der Waals surface area contributed by atoms with E-state index < -0.39 is 0 Å². The molecule has 262 valence electrons. The number of nitrogens with two attached hydrogens (primary N) is 1. The first-order valence-corrected chi connectivity index (χ1v) is 18.8. The predicted molar refractivity (Wildman–Crippen MR) is 231 cm³/mol. The summed E-state index contributed by atoms with van der Waals surface area (Å²) >= 11 is 0. The molecule has 0 saturated heterocycles. The molecule has 1 aliphatic carbocycles. The molecule has 9 rings (SSSR count). The second kappa shape index (κ2) is 13.2. The molecule has 1 heterocycles. The third kappa shape index (κ3) is 5.08. The lowest BCUT2D eigenvalue weighted by Crippen LogP contribution is -2.21. The largest absolute Gasteiger partial charge is 0.324 e. The summed E-state index contributed by atoms with van der Waals surface area (Å²) in [5.41, 5.74) is 16.0. The number of para-hydroxylation sites is 1. The molecule has 1 aromatic heterocycles. The zero-order valence-electron chi connectivity index (χ0n) is 31.0. The average Bonchev–Trinajstić information content (AvgIpc) is 3.68. The number of hydrazine groups is 1. The molecule has 3 nitrogen and oxygen atoms in total. The van der Waals surface area contributed by atoms with Crippen molar-refractivity contribution in [3.8, 4) is 16.8 Å². The van der Waals surface area contributed by atoms with Gasteiger partial charge in [0, 0.05) is 27.8 Å². The van der Waals surface area contributed by atoms with Gasteiger partial charge in [0.15, 0.2) is 0 Å². The maximum Gasteiger partial charge on any atom is 0.0588 e. The number of fused-ring (bicyclic) bond motifs is 12. The van der Waals surface area contributed by atoms with Crippen LogP contribution in [0.25, 0.3) is 65.9 Å². The third-order valence-corrected chi connectivity index (χ3v) is 11.5. The van der Waals surface area contributed by atoms with Crippen LogP contribution in [0.1, 0.15) is 48.9 Å². The molecular weight excluding hydrogens is 655 g/mol. The number of nitrogens with zero attached hydrogens (tertiary/aromatic N) is 1. The van der Waals surface area contributed by atoms with Gasteiger partial charge in [-0.05, 0) is 91.7 Å². The van der Waals surface area contributed by atoms with Crippen molar-refractivity contribution >= 4 is 49.0 Å². The van der Waals surface area contributed by atoms with Crippen LogP contribution in [0.3, 0.4) is 0 Å². The standard InChI is InChI=1S/C51H43N3/c1-5-7-17-33(6-2)44(32-45(53-52)35-18-9-8-10-19-35)34-26-28-36(29-27-34)54-46-25-16-15-22-39(46)42-30-31-43-47-40-23-13-11-20-37(40)38-21-12-14-24-41(38)48(47)51(3,4)49(43)50(42)54/h5-32,44,53H,1,52H2,2-4H3/b17-7-,33-6+,45-32-. The van der Waals surface area contributed by atoms with Crippen LogP contribution in [0, 0.1) is 0 Å². The first kappa shape index (κ1) is 33.4. The van der Waals surface area contributed by atoms with Gasteiger partial charge in [0.25, 0.3) is 0 Å². The quantitative estimate of drug-likeness (QED) is 0.0718. The van der Waals surface area contributed by atoms with Crippen molar-refractivity contribution in [3.05, 3.63) is 204 Å². The molecule has 7 aromatic carbocycles. The van der Waals surface area contributed by atoms with E-state index in [1.807, 2.05) is 30.4 Å². The van der Waals surface area contributed by atoms with Gasteiger partial charge in [-0.25, -0.2) is 0 Å². The molecule has 1 atom stereocenters. The fraction of sp³-hybridized carbons (Fsp3) is 0.0980. The molecule has 54 heavy (non-hydrogen) atoms. The van der Waals surface area contributed by atoms with Crippen molar-refractivity contribution in [2.24, 2.45) is 5.84 Å². The first-order chi connectivity index (χ1) is 26.5. The van der Waals surface area contributed by atoms with Gasteiger partial charge in [-0.15, -0.1) is 0 Å². The number of nitrogens with one attached hydrogen (secondary N) is 1. The van der Waals surface area contributed by atoms with E-state index >= 15 is 0 Å². The maximum atomic E-state index is 6.15. The minimum absolute atomic E-state index is 0.0519. The van der Waals surface area contributed by atoms with Gasteiger partial charge in [-0.1, -0.05) is 166 Å². The van der Waals surface area contributed by atoms with Crippen molar-refractivity contribution in [2.75, 3.05) is 0 Å². The van der Waals surface area contributed by atoms with Crippen molar-refractivity contribution in [3.63, 3.8) is 0 Å². The molecular formula is C51H43N3. The Balaban J connectivity index is 1.28. The second-order valence-corrected chi connectivity index (χ2v) is 14.7. The van der Waals surface area contributed by atoms with Gasteiger partial charge in [-0.3, -0.25) is 5.84 Å². The lowest BCUT2D eigenvalue weighted by Gasteiger charge is -2.25. The van der Waals surface area contributed by atoms with E-state index in [1.54, 1.807) is 0 Å². The van der Waals surface area contributed by atoms with E-state index in [0.29, 0.717) is 0 Å². The molecule has 0 spiro atoms. The van der Waals surface area contributed by atoms with Crippen LogP contribution < -0.4 is 11.3 Å². The third-order valence-electron chi connectivity index (χ3n) is 11.5. The highest BCUT2D eigenvalue weighted by Gasteiger charge is 2.41. The maximum absolute atomic E-state index is 6.15. The molecule has 0 saturated carbocycles. The minimum Gasteiger partial charge on any atom is -0.324 e. The molecule has 0 radical (unpaired) electrons. The molecule has 0 fully saturated rings. The summed E-state index contributed by atoms with van der Waals surface area (Å²) in [5, 5.41) is 7.80. The zero-order valence-corrected chi connectivity index (χ0v) is 31.0. The fourth-order valence-electron chi connectivity index (χ4n) is 9.15. The minimum atomic E-state index is -0.253. The van der Waals surface area contributed by atoms with E-state index in [-0.39, 0.29) is 11.3 Å². The van der Waals surface area contributed by atoms with Crippen LogP contribution in [-0.2, 0) is 5.41 Å². The highest BCUT2D eigenvalue weighted by molar-refractivity contribution is 6.21. The molecule has 3 N–H and O–H groups in total. The fourth-order valence-corrected chi connectivity index (χ4v) is 9.15. The number of hydrogen-bond acceptors (Lipinski definition) is 2. The summed E-state index contributed by atoms with van der Waals surface area (Å²) in [6.07, 6.45) is 10.3. The van der Waals surface area contributed by atoms with E-state index in [4.69, 9.17) is 5.84 Å². The van der Waals surface area contributed by atoms with Gasteiger partial charge in [0.05, 0.1) is 16.7 Å². The summed E-state index contributed by atoms with van der Waals surface area (Å²) in [6.45, 7) is 10.9. The van der Waals surface area contributed by atoms with Crippen molar-refractivity contribution in [1.29, 1.82) is 0 Å². The number of aromatic nitrogens is 1. The number of benzene rings is 7. The van der Waals surface area contributed by atoms with E-state index in [2.05, 4.69) is 177 Å². The number of rotatable bonds is 8. The van der Waals surface area contributed by atoms with Crippen LogP contribution in [-0.4, -0.2) is 4.57 Å². The Kier molecular flexibility index (Phi) is 8.18. The van der Waals surface area contributed by atoms with Crippen LogP contribution in [0.5, 0.6) is 0 Å². The summed E-state index contributed by atoms with van der Waals surface area (Å²) in [5.74, 6) is 6.10. The lowest BCUT2D eigenvalue weighted by atomic mass is 9.78. The summed E-state index contributed by atoms with van der Waals surface area (Å²) in [4.78, 5) is 0. The Morgan fingerprint density at radius 3 is 2.00 bits per heavy atom. The van der Waals surface area contributed by atoms with Gasteiger partial charge in [-0.2, -0.15) is 0 Å². The molecule has 1 unspecified atom stereocenters. The second-order valence-electron chi connectivity index (χ2n) is 14.7. The van der Waals surface area contributed by atoms with Crippen LogP contribution in [0.2, 0.25) is 0 Å².